The minimum atomic E-state index is -0.489. The highest BCUT2D eigenvalue weighted by Gasteiger charge is 2.47. The minimum absolute atomic E-state index is 0.0349. The van der Waals surface area contributed by atoms with Crippen molar-refractivity contribution in [2.45, 2.75) is 44.7 Å². The van der Waals surface area contributed by atoms with Crippen molar-refractivity contribution in [3.05, 3.63) is 87.9 Å². The summed E-state index contributed by atoms with van der Waals surface area (Å²) in [5, 5.41) is 12.9. The number of rotatable bonds is 4. The first-order valence-corrected chi connectivity index (χ1v) is 15.0. The van der Waals surface area contributed by atoms with Crippen LogP contribution in [0.25, 0.3) is 16.4 Å². The molecule has 1 saturated carbocycles. The number of amides is 1. The number of aromatic nitrogens is 6. The summed E-state index contributed by atoms with van der Waals surface area (Å²) < 4.78 is 5.11. The number of hydrogen-bond donors (Lipinski definition) is 2. The number of piperidine rings is 1. The first kappa shape index (κ1) is 27.9. The molecule has 1 saturated heterocycles. The maximum Gasteiger partial charge on any atom is 0.260 e. The Kier molecular flexibility index (Phi) is 6.74. The molecule has 1 aliphatic heterocycles. The number of carbonyl (C=O) groups is 1. The molecule has 1 spiro atoms. The van der Waals surface area contributed by atoms with Crippen LogP contribution < -0.4 is 16.6 Å². The Balaban J connectivity index is 1.29. The van der Waals surface area contributed by atoms with E-state index in [2.05, 4.69) is 44.3 Å². The van der Waals surface area contributed by atoms with E-state index in [9.17, 15) is 9.59 Å². The van der Waals surface area contributed by atoms with Gasteiger partial charge in [0.15, 0.2) is 11.5 Å². The lowest BCUT2D eigenvalue weighted by Gasteiger charge is -2.52. The van der Waals surface area contributed by atoms with Gasteiger partial charge >= 0.3 is 0 Å². The summed E-state index contributed by atoms with van der Waals surface area (Å²) >= 11 is 0. The van der Waals surface area contributed by atoms with E-state index in [1.54, 1.807) is 29.3 Å². The number of anilines is 1. The number of nitrogens with zero attached hydrogens (tertiary/aromatic N) is 7. The maximum atomic E-state index is 14.5. The lowest BCUT2D eigenvalue weighted by atomic mass is 9.60. The van der Waals surface area contributed by atoms with Crippen molar-refractivity contribution in [2.75, 3.05) is 25.9 Å². The van der Waals surface area contributed by atoms with E-state index >= 15 is 0 Å². The highest BCUT2D eigenvalue weighted by Crippen LogP contribution is 2.54. The molecule has 1 amide bonds. The lowest BCUT2D eigenvalue weighted by Crippen LogP contribution is -2.49. The molecule has 0 radical (unpaired) electrons. The molecule has 11 heteroatoms. The van der Waals surface area contributed by atoms with Gasteiger partial charge in [-0.05, 0) is 81.7 Å². The fourth-order valence-electron chi connectivity index (χ4n) is 6.92. The second kappa shape index (κ2) is 10.6. The number of hydrogen-bond acceptors (Lipinski definition) is 7. The summed E-state index contributed by atoms with van der Waals surface area (Å²) in [7, 11) is 4.01. The second-order valence-corrected chi connectivity index (χ2v) is 12.4. The van der Waals surface area contributed by atoms with E-state index in [0.29, 0.717) is 16.6 Å². The predicted octanol–water partition coefficient (Wildman–Crippen LogP) is 3.30. The van der Waals surface area contributed by atoms with E-state index in [1.807, 2.05) is 49.0 Å². The highest BCUT2D eigenvalue weighted by atomic mass is 16.2. The first-order chi connectivity index (χ1) is 21.2. The van der Waals surface area contributed by atoms with Crippen LogP contribution in [0.1, 0.15) is 71.9 Å². The zero-order valence-corrected chi connectivity index (χ0v) is 25.1. The largest absolute Gasteiger partial charge is 0.381 e. The molecule has 5 heterocycles. The van der Waals surface area contributed by atoms with Crippen molar-refractivity contribution in [3.63, 3.8) is 0 Å². The summed E-state index contributed by atoms with van der Waals surface area (Å²) in [6.45, 7) is 4.05. The molecule has 7 rings (SSSR count). The van der Waals surface area contributed by atoms with Gasteiger partial charge in [-0.15, -0.1) is 5.10 Å². The molecule has 1 atom stereocenters. The third-order valence-electron chi connectivity index (χ3n) is 9.35. The van der Waals surface area contributed by atoms with Crippen molar-refractivity contribution in [3.8, 4) is 11.8 Å². The molecule has 0 unspecified atom stereocenters. The molecule has 11 nitrogen and oxygen atoms in total. The zero-order chi connectivity index (χ0) is 30.6. The topological polar surface area (TPSA) is 128 Å². The van der Waals surface area contributed by atoms with Crippen LogP contribution in [0.3, 0.4) is 0 Å². The fraction of sp³-hybridized carbons (Fsp3) is 0.364. The molecule has 4 aromatic heterocycles. The van der Waals surface area contributed by atoms with Gasteiger partial charge in [-0.25, -0.2) is 9.50 Å². The quantitative estimate of drug-likeness (QED) is 0.308. The Morgan fingerprint density at radius 2 is 1.95 bits per heavy atom. The van der Waals surface area contributed by atoms with Crippen LogP contribution in [0.2, 0.25) is 0 Å². The Hall–Kier alpha value is -4.95. The van der Waals surface area contributed by atoms with Gasteiger partial charge in [0.2, 0.25) is 0 Å². The van der Waals surface area contributed by atoms with Crippen LogP contribution in [0, 0.1) is 17.3 Å². The highest BCUT2D eigenvalue weighted by molar-refractivity contribution is 6.04. The van der Waals surface area contributed by atoms with Gasteiger partial charge < -0.3 is 20.5 Å². The molecule has 44 heavy (non-hydrogen) atoms. The first-order valence-electron chi connectivity index (χ1n) is 15.0. The summed E-state index contributed by atoms with van der Waals surface area (Å²) in [6, 6.07) is 9.03. The SMILES string of the molecule is C[C@H](NC(=O)c1c(N)nn2cccnc12)c1cc2cccc(C#Cc3cnn(C)c3)c2c(=O)n1C1CC2(CCN(C)CC2)C1. The number of nitrogens with one attached hydrogen (secondary N) is 1. The number of carbonyl (C=O) groups excluding carboxylic acids is 1. The van der Waals surface area contributed by atoms with E-state index < -0.39 is 6.04 Å². The van der Waals surface area contributed by atoms with Crippen molar-refractivity contribution < 1.29 is 4.79 Å². The molecule has 224 valence electrons. The van der Waals surface area contributed by atoms with Crippen LogP contribution in [-0.2, 0) is 7.05 Å². The van der Waals surface area contributed by atoms with Gasteiger partial charge in [0, 0.05) is 42.9 Å². The molecule has 2 fully saturated rings. The van der Waals surface area contributed by atoms with E-state index in [-0.39, 0.29) is 34.3 Å². The number of pyridine rings is 1. The van der Waals surface area contributed by atoms with Crippen LogP contribution in [0.15, 0.2) is 59.9 Å². The summed E-state index contributed by atoms with van der Waals surface area (Å²) in [6.07, 6.45) is 11.0. The summed E-state index contributed by atoms with van der Waals surface area (Å²) in [5.74, 6) is 6.09. The van der Waals surface area contributed by atoms with Crippen LogP contribution in [0.4, 0.5) is 5.82 Å². The van der Waals surface area contributed by atoms with Crippen molar-refractivity contribution in [1.82, 2.24) is 39.2 Å². The van der Waals surface area contributed by atoms with Crippen molar-refractivity contribution >= 4 is 28.1 Å². The average Bonchev–Trinajstić information content (AvgIpc) is 3.56. The third-order valence-corrected chi connectivity index (χ3v) is 9.35. The molecule has 1 aliphatic carbocycles. The monoisotopic (exact) mass is 589 g/mol. The van der Waals surface area contributed by atoms with E-state index in [4.69, 9.17) is 5.73 Å². The Morgan fingerprint density at radius 1 is 1.16 bits per heavy atom. The van der Waals surface area contributed by atoms with Crippen LogP contribution in [0.5, 0.6) is 0 Å². The van der Waals surface area contributed by atoms with Crippen molar-refractivity contribution in [1.29, 1.82) is 0 Å². The molecular weight excluding hydrogens is 554 g/mol. The van der Waals surface area contributed by atoms with Crippen LogP contribution >= 0.6 is 0 Å². The molecule has 1 aromatic carbocycles. The number of nitrogen functional groups attached to an aromatic ring is 1. The van der Waals surface area contributed by atoms with Gasteiger partial charge in [-0.2, -0.15) is 5.10 Å². The Morgan fingerprint density at radius 3 is 2.70 bits per heavy atom. The Labute approximate surface area is 254 Å². The standard InChI is InChI=1S/C33H35N9O2/c1-21(37-31(43)28-29(34)38-41-13-5-12-35-30(28)41)26-16-24-7-4-6-23(9-8-22-19-36-40(3)20-22)27(24)32(44)42(26)25-17-33(18-25)10-14-39(2)15-11-33/h4-7,12-13,16,19-21,25H,10-11,14-15,17-18H2,1-3H3,(H2,34,38)(H,37,43)/t21-/m0/s1. The average molecular weight is 590 g/mol. The maximum absolute atomic E-state index is 14.5. The number of nitrogens with two attached hydrogens (primary N) is 1. The third kappa shape index (κ3) is 4.81. The molecule has 3 N–H and O–H groups in total. The summed E-state index contributed by atoms with van der Waals surface area (Å²) in [5.41, 5.74) is 9.12. The number of likely N-dealkylation sites (tertiary alicyclic amines) is 1. The van der Waals surface area contributed by atoms with Gasteiger partial charge in [0.25, 0.3) is 11.5 Å². The smallest absolute Gasteiger partial charge is 0.260 e. The molecule has 5 aromatic rings. The van der Waals surface area contributed by atoms with Crippen LogP contribution in [-0.4, -0.2) is 59.9 Å². The number of benzene rings is 1. The second-order valence-electron chi connectivity index (χ2n) is 12.4. The minimum Gasteiger partial charge on any atom is -0.381 e. The zero-order valence-electron chi connectivity index (χ0n) is 25.1. The molecule has 2 aliphatic rings. The number of fused-ring (bicyclic) bond motifs is 2. The van der Waals surface area contributed by atoms with Gasteiger partial charge in [-0.1, -0.05) is 24.0 Å². The van der Waals surface area contributed by atoms with E-state index in [0.717, 1.165) is 55.4 Å². The van der Waals surface area contributed by atoms with E-state index in [1.165, 1.54) is 4.52 Å². The lowest BCUT2D eigenvalue weighted by molar-refractivity contribution is -0.00299. The molecular formula is C33H35N9O2. The fourth-order valence-corrected chi connectivity index (χ4v) is 6.92. The molecule has 0 bridgehead atoms. The normalized spacial score (nSPS) is 17.3. The Bertz CT molecular complexity index is 2030. The summed E-state index contributed by atoms with van der Waals surface area (Å²) in [4.78, 5) is 34.8. The van der Waals surface area contributed by atoms with Gasteiger partial charge in [-0.3, -0.25) is 14.3 Å². The van der Waals surface area contributed by atoms with Gasteiger partial charge in [0.1, 0.15) is 5.56 Å². The number of aryl methyl sites for hydroxylation is 1. The predicted molar refractivity (Wildman–Crippen MR) is 168 cm³/mol. The van der Waals surface area contributed by atoms with Crippen molar-refractivity contribution in [2.24, 2.45) is 12.5 Å². The van der Waals surface area contributed by atoms with Gasteiger partial charge in [0.05, 0.1) is 23.2 Å².